The van der Waals surface area contributed by atoms with Crippen LogP contribution < -0.4 is 4.90 Å². The maximum atomic E-state index is 9.47. The quantitative estimate of drug-likeness (QED) is 0.921. The fourth-order valence-corrected chi connectivity index (χ4v) is 2.98. The molecule has 19 heavy (non-hydrogen) atoms. The molecule has 0 bridgehead atoms. The lowest BCUT2D eigenvalue weighted by atomic mass is 10.1. The van der Waals surface area contributed by atoms with Gasteiger partial charge in [-0.1, -0.05) is 28.9 Å². The van der Waals surface area contributed by atoms with E-state index in [0.717, 1.165) is 36.2 Å². The van der Waals surface area contributed by atoms with E-state index in [0.29, 0.717) is 6.04 Å². The second kappa shape index (κ2) is 6.73. The minimum atomic E-state index is 0.105. The molecule has 106 valence electrons. The van der Waals surface area contributed by atoms with Crippen LogP contribution in [-0.4, -0.2) is 42.2 Å². The van der Waals surface area contributed by atoms with E-state index in [1.807, 2.05) is 12.1 Å². The monoisotopic (exact) mass is 326 g/mol. The van der Waals surface area contributed by atoms with Crippen LogP contribution in [0.3, 0.4) is 0 Å². The van der Waals surface area contributed by atoms with E-state index in [4.69, 9.17) is 0 Å². The van der Waals surface area contributed by atoms with Gasteiger partial charge in [-0.25, -0.2) is 0 Å². The van der Waals surface area contributed by atoms with Crippen molar-refractivity contribution in [3.63, 3.8) is 0 Å². The van der Waals surface area contributed by atoms with Crippen molar-refractivity contribution in [2.45, 2.75) is 32.9 Å². The number of aliphatic hydroxyl groups excluding tert-OH is 1. The summed E-state index contributed by atoms with van der Waals surface area (Å²) in [7, 11) is 0. The Balaban J connectivity index is 2.07. The van der Waals surface area contributed by atoms with Crippen LogP contribution in [0.1, 0.15) is 25.8 Å². The van der Waals surface area contributed by atoms with Gasteiger partial charge in [-0.15, -0.1) is 0 Å². The predicted molar refractivity (Wildman–Crippen MR) is 83.6 cm³/mol. The third-order valence-corrected chi connectivity index (χ3v) is 4.58. The van der Waals surface area contributed by atoms with Gasteiger partial charge >= 0.3 is 0 Å². The molecule has 1 atom stereocenters. The largest absolute Gasteiger partial charge is 0.392 e. The fraction of sp³-hybridized carbons (Fsp3) is 0.600. The second-order valence-corrected chi connectivity index (χ2v) is 6.13. The Morgan fingerprint density at radius 1 is 1.26 bits per heavy atom. The zero-order valence-electron chi connectivity index (χ0n) is 11.8. The van der Waals surface area contributed by atoms with Crippen LogP contribution in [0.15, 0.2) is 22.7 Å². The molecule has 0 radical (unpaired) electrons. The Hall–Kier alpha value is -0.580. The number of rotatable bonds is 4. The fourth-order valence-electron chi connectivity index (χ4n) is 2.63. The van der Waals surface area contributed by atoms with Crippen molar-refractivity contribution >= 4 is 21.6 Å². The van der Waals surface area contributed by atoms with Crippen LogP contribution in [0.5, 0.6) is 0 Å². The number of anilines is 1. The van der Waals surface area contributed by atoms with Crippen LogP contribution in [0, 0.1) is 0 Å². The molecular weight excluding hydrogens is 304 g/mol. The Morgan fingerprint density at radius 2 is 1.95 bits per heavy atom. The van der Waals surface area contributed by atoms with Crippen LogP contribution in [0.4, 0.5) is 5.69 Å². The van der Waals surface area contributed by atoms with E-state index < -0.39 is 0 Å². The summed E-state index contributed by atoms with van der Waals surface area (Å²) in [5.74, 6) is 0. The molecule has 0 aromatic heterocycles. The van der Waals surface area contributed by atoms with Gasteiger partial charge in [0.15, 0.2) is 0 Å². The van der Waals surface area contributed by atoms with E-state index in [-0.39, 0.29) is 6.61 Å². The smallest absolute Gasteiger partial charge is 0.0702 e. The van der Waals surface area contributed by atoms with E-state index >= 15 is 0 Å². The third-order valence-electron chi connectivity index (χ3n) is 4.09. The minimum absolute atomic E-state index is 0.105. The first-order chi connectivity index (χ1) is 9.15. The summed E-state index contributed by atoms with van der Waals surface area (Å²) in [6.45, 7) is 8.93. The lowest BCUT2D eigenvalue weighted by Gasteiger charge is -2.39. The molecule has 4 heteroatoms. The lowest BCUT2D eigenvalue weighted by Crippen LogP contribution is -2.49. The molecule has 1 aromatic rings. The Kier molecular flexibility index (Phi) is 5.25. The molecule has 1 aromatic carbocycles. The standard InChI is InChI=1S/C15H23BrN2O/c1-3-12(2)17-6-8-18(9-7-17)15-10-14(16)5-4-13(15)11-19/h4-5,10,12,19H,3,6-9,11H2,1-2H3. The van der Waals surface area contributed by atoms with Gasteiger partial charge in [0, 0.05) is 47.9 Å². The number of piperazine rings is 1. The summed E-state index contributed by atoms with van der Waals surface area (Å²) in [6.07, 6.45) is 1.21. The first-order valence-electron chi connectivity index (χ1n) is 7.04. The highest BCUT2D eigenvalue weighted by atomic mass is 79.9. The lowest BCUT2D eigenvalue weighted by molar-refractivity contribution is 0.192. The number of hydrogen-bond donors (Lipinski definition) is 1. The van der Waals surface area contributed by atoms with Crippen molar-refractivity contribution < 1.29 is 5.11 Å². The summed E-state index contributed by atoms with van der Waals surface area (Å²) in [5.41, 5.74) is 2.18. The average Bonchev–Trinajstić information content (AvgIpc) is 2.46. The van der Waals surface area contributed by atoms with Crippen LogP contribution in [-0.2, 0) is 6.61 Å². The van der Waals surface area contributed by atoms with Gasteiger partial charge in [0.25, 0.3) is 0 Å². The van der Waals surface area contributed by atoms with Crippen LogP contribution >= 0.6 is 15.9 Å². The number of halogens is 1. The summed E-state index contributed by atoms with van der Waals surface area (Å²) < 4.78 is 1.07. The van der Waals surface area contributed by atoms with Crippen molar-refractivity contribution in [1.29, 1.82) is 0 Å². The number of benzene rings is 1. The first-order valence-corrected chi connectivity index (χ1v) is 7.83. The van der Waals surface area contributed by atoms with Crippen molar-refractivity contribution in [3.8, 4) is 0 Å². The number of nitrogens with zero attached hydrogens (tertiary/aromatic N) is 2. The molecule has 1 N–H and O–H groups in total. The molecule has 1 aliphatic heterocycles. The minimum Gasteiger partial charge on any atom is -0.392 e. The summed E-state index contributed by atoms with van der Waals surface area (Å²) in [4.78, 5) is 4.93. The molecule has 1 heterocycles. The molecule has 3 nitrogen and oxygen atoms in total. The molecule has 0 spiro atoms. The van der Waals surface area contributed by atoms with E-state index in [1.165, 1.54) is 12.1 Å². The topological polar surface area (TPSA) is 26.7 Å². The van der Waals surface area contributed by atoms with Gasteiger partial charge in [0.1, 0.15) is 0 Å². The van der Waals surface area contributed by atoms with Gasteiger partial charge in [-0.05, 0) is 25.5 Å². The van der Waals surface area contributed by atoms with Gasteiger partial charge in [-0.3, -0.25) is 4.90 Å². The van der Waals surface area contributed by atoms with E-state index in [1.54, 1.807) is 0 Å². The summed E-state index contributed by atoms with van der Waals surface area (Å²) in [6, 6.07) is 6.78. The molecule has 1 fully saturated rings. The van der Waals surface area contributed by atoms with Gasteiger partial charge in [-0.2, -0.15) is 0 Å². The van der Waals surface area contributed by atoms with Crippen molar-refractivity contribution in [1.82, 2.24) is 4.90 Å². The summed E-state index contributed by atoms with van der Waals surface area (Å²) in [5, 5.41) is 9.47. The molecular formula is C15H23BrN2O. The van der Waals surface area contributed by atoms with Crippen molar-refractivity contribution in [2.24, 2.45) is 0 Å². The van der Waals surface area contributed by atoms with E-state index in [9.17, 15) is 5.11 Å². The van der Waals surface area contributed by atoms with Gasteiger partial charge < -0.3 is 10.0 Å². The molecule has 1 aliphatic rings. The average molecular weight is 327 g/mol. The maximum absolute atomic E-state index is 9.47. The van der Waals surface area contributed by atoms with Crippen molar-refractivity contribution in [3.05, 3.63) is 28.2 Å². The highest BCUT2D eigenvalue weighted by Gasteiger charge is 2.21. The maximum Gasteiger partial charge on any atom is 0.0702 e. The predicted octanol–water partition coefficient (Wildman–Crippen LogP) is 2.86. The number of hydrogen-bond acceptors (Lipinski definition) is 3. The van der Waals surface area contributed by atoms with E-state index in [2.05, 4.69) is 45.6 Å². The van der Waals surface area contributed by atoms with Crippen molar-refractivity contribution in [2.75, 3.05) is 31.1 Å². The second-order valence-electron chi connectivity index (χ2n) is 5.21. The zero-order valence-corrected chi connectivity index (χ0v) is 13.4. The normalized spacial score (nSPS) is 18.6. The zero-order chi connectivity index (χ0) is 13.8. The molecule has 1 unspecified atom stereocenters. The van der Waals surface area contributed by atoms with Gasteiger partial charge in [0.05, 0.1) is 6.61 Å². The van der Waals surface area contributed by atoms with Crippen LogP contribution in [0.25, 0.3) is 0 Å². The Morgan fingerprint density at radius 3 is 2.53 bits per heavy atom. The Labute approximate surface area is 124 Å². The molecule has 0 amide bonds. The molecule has 0 aliphatic carbocycles. The van der Waals surface area contributed by atoms with Gasteiger partial charge in [0.2, 0.25) is 0 Å². The molecule has 1 saturated heterocycles. The molecule has 2 rings (SSSR count). The molecule has 0 saturated carbocycles. The van der Waals surface area contributed by atoms with Crippen LogP contribution in [0.2, 0.25) is 0 Å². The first kappa shape index (κ1) is 14.8. The SMILES string of the molecule is CCC(C)N1CCN(c2cc(Br)ccc2CO)CC1. The highest BCUT2D eigenvalue weighted by Crippen LogP contribution is 2.26. The summed E-state index contributed by atoms with van der Waals surface area (Å²) >= 11 is 3.52. The number of aliphatic hydroxyl groups is 1. The third kappa shape index (κ3) is 3.50. The highest BCUT2D eigenvalue weighted by molar-refractivity contribution is 9.10. The Bertz CT molecular complexity index is 417.